The first-order chi connectivity index (χ1) is 7.21. The summed E-state index contributed by atoms with van der Waals surface area (Å²) in [5.41, 5.74) is 2.42. The minimum Gasteiger partial charge on any atom is -0.315 e. The van der Waals surface area contributed by atoms with Crippen molar-refractivity contribution in [3.63, 3.8) is 0 Å². The molecule has 0 saturated heterocycles. The van der Waals surface area contributed by atoms with Crippen molar-refractivity contribution in [2.24, 2.45) is 0 Å². The van der Waals surface area contributed by atoms with Crippen LogP contribution < -0.4 is 4.15 Å². The van der Waals surface area contributed by atoms with E-state index in [1.54, 1.807) is 0 Å². The fraction of sp³-hybridized carbons (Fsp3) is 0.0769. The maximum Gasteiger partial charge on any atom is 0.461 e. The van der Waals surface area contributed by atoms with Gasteiger partial charge in [-0.1, -0.05) is 36.4 Å². The average molecular weight is 211 g/mol. The molecule has 0 aliphatic carbocycles. The Balaban J connectivity index is 2.44. The zero-order chi connectivity index (χ0) is 10.7. The van der Waals surface area contributed by atoms with Gasteiger partial charge in [-0.2, -0.15) is 0 Å². The van der Waals surface area contributed by atoms with Gasteiger partial charge in [0.2, 0.25) is 0 Å². The third kappa shape index (κ3) is 2.01. The van der Waals surface area contributed by atoms with Gasteiger partial charge in [-0.15, -0.1) is 0 Å². The predicted octanol–water partition coefficient (Wildman–Crippen LogP) is 3.04. The van der Waals surface area contributed by atoms with E-state index in [1.165, 1.54) is 11.4 Å². The average Bonchev–Trinajstić information content (AvgIpc) is 2.31. The molecule has 0 aliphatic heterocycles. The van der Waals surface area contributed by atoms with E-state index in [0.717, 1.165) is 0 Å². The summed E-state index contributed by atoms with van der Waals surface area (Å²) >= 11 is 0. The lowest BCUT2D eigenvalue weighted by atomic mass is 10.2. The standard InChI is InChI=1S/C13H13NSi/c1-14(15,12-8-4-2-5-9-12)13-10-6-3-7-11-13/h2-11H,1H3/q+1. The quantitative estimate of drug-likeness (QED) is 0.670. The van der Waals surface area contributed by atoms with E-state index in [1.807, 2.05) is 12.1 Å². The van der Waals surface area contributed by atoms with Crippen molar-refractivity contribution < 1.29 is 0 Å². The molecule has 1 nitrogen and oxygen atoms in total. The summed E-state index contributed by atoms with van der Waals surface area (Å²) < 4.78 is 0.585. The molecular formula is C13H13NSi+. The minimum atomic E-state index is 0.585. The van der Waals surface area contributed by atoms with Crippen molar-refractivity contribution >= 4 is 21.8 Å². The van der Waals surface area contributed by atoms with Crippen molar-refractivity contribution in [1.82, 2.24) is 4.15 Å². The topological polar surface area (TPSA) is 0 Å². The van der Waals surface area contributed by atoms with E-state index < -0.39 is 0 Å². The van der Waals surface area contributed by atoms with Gasteiger partial charge >= 0.3 is 10.4 Å². The minimum absolute atomic E-state index is 0.585. The van der Waals surface area contributed by atoms with Gasteiger partial charge in [-0.3, -0.25) is 0 Å². The van der Waals surface area contributed by atoms with Crippen LogP contribution in [0, 0.1) is 0 Å². The van der Waals surface area contributed by atoms with Gasteiger partial charge in [0.1, 0.15) is 11.4 Å². The fourth-order valence-electron chi connectivity index (χ4n) is 1.60. The van der Waals surface area contributed by atoms with E-state index >= 15 is 0 Å². The molecule has 0 saturated carbocycles. The molecule has 0 heterocycles. The first-order valence-electron chi connectivity index (χ1n) is 4.94. The Hall–Kier alpha value is -1.38. The van der Waals surface area contributed by atoms with E-state index in [4.69, 9.17) is 0 Å². The number of benzene rings is 2. The van der Waals surface area contributed by atoms with Crippen LogP contribution in [-0.4, -0.2) is 17.5 Å². The monoisotopic (exact) mass is 211 g/mol. The maximum atomic E-state index is 3.79. The summed E-state index contributed by atoms with van der Waals surface area (Å²) in [6.07, 6.45) is 0. The van der Waals surface area contributed by atoms with Gasteiger partial charge in [0.15, 0.2) is 0 Å². The molecule has 0 unspecified atom stereocenters. The predicted molar refractivity (Wildman–Crippen MR) is 66.0 cm³/mol. The number of hydrogen-bond acceptors (Lipinski definition) is 0. The van der Waals surface area contributed by atoms with Crippen LogP contribution in [0.4, 0.5) is 11.4 Å². The van der Waals surface area contributed by atoms with Crippen LogP contribution in [0.25, 0.3) is 0 Å². The Labute approximate surface area is 94.1 Å². The summed E-state index contributed by atoms with van der Waals surface area (Å²) in [6.45, 7) is 0. The van der Waals surface area contributed by atoms with Crippen molar-refractivity contribution in [1.29, 1.82) is 0 Å². The number of nitrogens with zero attached hydrogens (tertiary/aromatic N) is 1. The molecule has 0 aliphatic rings. The molecule has 0 aromatic heterocycles. The second-order valence-electron chi connectivity index (χ2n) is 3.68. The van der Waals surface area contributed by atoms with Crippen LogP contribution in [0.5, 0.6) is 0 Å². The molecule has 2 rings (SSSR count). The SMILES string of the molecule is C[N+]([Si])(c1ccccc1)c1ccccc1. The fourth-order valence-corrected chi connectivity index (χ4v) is 1.90. The molecule has 73 valence electrons. The maximum absolute atomic E-state index is 3.79. The molecule has 0 fully saturated rings. The second kappa shape index (κ2) is 4.01. The lowest BCUT2D eigenvalue weighted by molar-refractivity contribution is 0.722. The van der Waals surface area contributed by atoms with Crippen molar-refractivity contribution in [3.8, 4) is 0 Å². The summed E-state index contributed by atoms with van der Waals surface area (Å²) in [5.74, 6) is 0. The summed E-state index contributed by atoms with van der Waals surface area (Å²) in [4.78, 5) is 0. The largest absolute Gasteiger partial charge is 0.461 e. The highest BCUT2D eigenvalue weighted by atomic mass is 28.2. The van der Waals surface area contributed by atoms with Gasteiger partial charge in [0, 0.05) is 0 Å². The Bertz CT molecular complexity index is 381. The third-order valence-electron chi connectivity index (χ3n) is 2.55. The van der Waals surface area contributed by atoms with Crippen LogP contribution in [0.3, 0.4) is 0 Å². The molecule has 0 bridgehead atoms. The zero-order valence-electron chi connectivity index (χ0n) is 8.72. The van der Waals surface area contributed by atoms with E-state index in [0.29, 0.717) is 4.15 Å². The van der Waals surface area contributed by atoms with Crippen LogP contribution in [0.2, 0.25) is 0 Å². The number of hydrogen-bond donors (Lipinski definition) is 0. The molecule has 0 N–H and O–H groups in total. The van der Waals surface area contributed by atoms with Crippen LogP contribution in [0.1, 0.15) is 0 Å². The van der Waals surface area contributed by atoms with Crippen molar-refractivity contribution in [2.75, 3.05) is 7.05 Å². The number of rotatable bonds is 2. The van der Waals surface area contributed by atoms with E-state index in [-0.39, 0.29) is 0 Å². The third-order valence-corrected chi connectivity index (χ3v) is 3.06. The second-order valence-corrected chi connectivity index (χ2v) is 4.57. The van der Waals surface area contributed by atoms with Crippen LogP contribution >= 0.6 is 0 Å². The van der Waals surface area contributed by atoms with Crippen LogP contribution in [-0.2, 0) is 0 Å². The van der Waals surface area contributed by atoms with E-state index in [2.05, 4.69) is 66.0 Å². The lowest BCUT2D eigenvalue weighted by Gasteiger charge is -2.28. The number of para-hydroxylation sites is 2. The molecule has 0 atom stereocenters. The summed E-state index contributed by atoms with van der Waals surface area (Å²) in [5, 5.41) is 0. The molecule has 15 heavy (non-hydrogen) atoms. The summed E-state index contributed by atoms with van der Waals surface area (Å²) in [7, 11) is 5.91. The zero-order valence-corrected chi connectivity index (χ0v) is 9.72. The molecular weight excluding hydrogens is 198 g/mol. The first kappa shape index (κ1) is 10.1. The molecule has 0 spiro atoms. The Morgan fingerprint density at radius 2 is 1.07 bits per heavy atom. The molecule has 3 radical (unpaired) electrons. The molecule has 2 aromatic rings. The van der Waals surface area contributed by atoms with Gasteiger partial charge < -0.3 is 4.15 Å². The van der Waals surface area contributed by atoms with Crippen molar-refractivity contribution in [3.05, 3.63) is 60.7 Å². The van der Waals surface area contributed by atoms with Gasteiger partial charge in [0.05, 0.1) is 7.05 Å². The van der Waals surface area contributed by atoms with E-state index in [9.17, 15) is 0 Å². The Morgan fingerprint density at radius 1 is 0.733 bits per heavy atom. The highest BCUT2D eigenvalue weighted by Gasteiger charge is 2.21. The molecule has 0 amide bonds. The van der Waals surface area contributed by atoms with Crippen molar-refractivity contribution in [2.45, 2.75) is 0 Å². The van der Waals surface area contributed by atoms with Gasteiger partial charge in [-0.25, -0.2) is 0 Å². The number of quaternary nitrogens is 1. The summed E-state index contributed by atoms with van der Waals surface area (Å²) in [6, 6.07) is 20.7. The molecule has 2 aromatic carbocycles. The Morgan fingerprint density at radius 3 is 1.40 bits per heavy atom. The first-order valence-corrected chi connectivity index (χ1v) is 5.39. The highest BCUT2D eigenvalue weighted by Crippen LogP contribution is 2.28. The lowest BCUT2D eigenvalue weighted by Crippen LogP contribution is -2.36. The van der Waals surface area contributed by atoms with Crippen LogP contribution in [0.15, 0.2) is 60.7 Å². The Kier molecular flexibility index (Phi) is 2.71. The smallest absolute Gasteiger partial charge is 0.315 e. The van der Waals surface area contributed by atoms with Gasteiger partial charge in [-0.05, 0) is 24.3 Å². The van der Waals surface area contributed by atoms with Gasteiger partial charge in [0.25, 0.3) is 0 Å². The normalized spacial score (nSPS) is 11.3. The molecule has 2 heteroatoms. The highest BCUT2D eigenvalue weighted by molar-refractivity contribution is 6.16.